The van der Waals surface area contributed by atoms with E-state index in [4.69, 9.17) is 28.0 Å². The van der Waals surface area contributed by atoms with E-state index in [0.717, 1.165) is 0 Å². The summed E-state index contributed by atoms with van der Waals surface area (Å²) in [6, 6.07) is -7.27. The number of nitrogens with one attached hydrogen (secondary N) is 16. The van der Waals surface area contributed by atoms with Gasteiger partial charge in [0.25, 0.3) is 0 Å². The van der Waals surface area contributed by atoms with E-state index in [0.29, 0.717) is 24.0 Å². The normalized spacial score (nSPS) is 16.8. The van der Waals surface area contributed by atoms with Crippen LogP contribution in [0.5, 0.6) is 5.75 Å². The number of phenolic OH excluding ortho intramolecular Hbond substituents is 1. The summed E-state index contributed by atoms with van der Waals surface area (Å²) in [5.41, 5.74) is 17.7. The molecule has 14 amide bonds. The van der Waals surface area contributed by atoms with Crippen LogP contribution in [0.15, 0.2) is 54.6 Å². The van der Waals surface area contributed by atoms with Gasteiger partial charge in [-0.2, -0.15) is 0 Å². The highest BCUT2D eigenvalue weighted by atomic mass is 16.4. The Hall–Kier alpha value is -12.4. The van der Waals surface area contributed by atoms with Crippen LogP contribution >= 0.6 is 0 Å². The molecule has 2 saturated heterocycles. The molecule has 28 N–H and O–H groups in total. The molecule has 2 fully saturated rings. The van der Waals surface area contributed by atoms with E-state index < -0.39 is 242 Å². The zero-order valence-corrected chi connectivity index (χ0v) is 66.7. The van der Waals surface area contributed by atoms with Gasteiger partial charge < -0.3 is 132 Å². The molecule has 652 valence electrons. The lowest BCUT2D eigenvalue weighted by atomic mass is 9.98. The third-order valence-corrected chi connectivity index (χ3v) is 19.1. The van der Waals surface area contributed by atoms with E-state index in [9.17, 15) is 112 Å². The van der Waals surface area contributed by atoms with Crippen LogP contribution in [0.25, 0.3) is 0 Å². The Morgan fingerprint density at radius 3 is 1.33 bits per heavy atom. The van der Waals surface area contributed by atoms with Gasteiger partial charge in [0.15, 0.2) is 11.9 Å². The zero-order valence-electron chi connectivity index (χ0n) is 66.7. The van der Waals surface area contributed by atoms with Crippen LogP contribution in [0.3, 0.4) is 0 Å². The van der Waals surface area contributed by atoms with Gasteiger partial charge in [-0.1, -0.05) is 84.0 Å². The second-order valence-electron chi connectivity index (χ2n) is 29.5. The van der Waals surface area contributed by atoms with E-state index >= 15 is 0 Å². The summed E-state index contributed by atoms with van der Waals surface area (Å²) in [7, 11) is 0. The minimum atomic E-state index is -2.04. The monoisotopic (exact) mass is 1660 g/mol. The lowest BCUT2D eigenvalue weighted by molar-refractivity contribution is -0.145. The molecule has 2 aromatic carbocycles. The van der Waals surface area contributed by atoms with Crippen molar-refractivity contribution in [3.05, 3.63) is 65.7 Å². The number of aliphatic hydroxyl groups is 2. The van der Waals surface area contributed by atoms with Gasteiger partial charge in [-0.3, -0.25) is 87.5 Å². The number of carbonyl (C=O) groups is 17. The van der Waals surface area contributed by atoms with Gasteiger partial charge in [0.1, 0.15) is 84.3 Å². The Morgan fingerprint density at radius 2 is 0.856 bits per heavy atom. The van der Waals surface area contributed by atoms with Crippen LogP contribution in [0.1, 0.15) is 124 Å². The highest BCUT2D eigenvalue weighted by molar-refractivity contribution is 6.01. The van der Waals surface area contributed by atoms with Crippen molar-refractivity contribution < 1.29 is 112 Å². The van der Waals surface area contributed by atoms with Crippen LogP contribution in [0, 0.1) is 28.6 Å². The van der Waals surface area contributed by atoms with Gasteiger partial charge >= 0.3 is 17.9 Å². The van der Waals surface area contributed by atoms with Crippen molar-refractivity contribution in [3.8, 4) is 5.75 Å². The van der Waals surface area contributed by atoms with Crippen LogP contribution in [-0.4, -0.2) is 283 Å². The van der Waals surface area contributed by atoms with Crippen molar-refractivity contribution in [2.24, 2.45) is 35.0 Å². The Kier molecular flexibility index (Phi) is 40.1. The van der Waals surface area contributed by atoms with E-state index in [1.807, 2.05) is 0 Å². The van der Waals surface area contributed by atoms with Crippen molar-refractivity contribution in [3.63, 3.8) is 0 Å². The number of amides is 14. The maximum absolute atomic E-state index is 14.8. The Morgan fingerprint density at radius 1 is 0.441 bits per heavy atom. The van der Waals surface area contributed by atoms with Gasteiger partial charge in [0, 0.05) is 39.0 Å². The average Bonchev–Trinajstić information content (AvgIpc) is 1.60. The first kappa shape index (κ1) is 98.0. The molecule has 2 heterocycles. The molecule has 44 nitrogen and oxygen atoms in total. The molecule has 118 heavy (non-hydrogen) atoms. The molecular formula is C74H113N21O23. The molecule has 2 aliphatic rings. The first-order valence-electron chi connectivity index (χ1n) is 38.4. The summed E-state index contributed by atoms with van der Waals surface area (Å²) in [5.74, 6) is -22.1. The zero-order chi connectivity index (χ0) is 88.4. The summed E-state index contributed by atoms with van der Waals surface area (Å²) in [6.07, 6.45) is -1.37. The highest BCUT2D eigenvalue weighted by Crippen LogP contribution is 2.24. The minimum absolute atomic E-state index is 0.0359. The number of carbonyl (C=O) groups excluding carboxylic acids is 14. The van der Waals surface area contributed by atoms with Crippen molar-refractivity contribution >= 4 is 113 Å². The van der Waals surface area contributed by atoms with Crippen molar-refractivity contribution in [1.82, 2.24) is 84.2 Å². The van der Waals surface area contributed by atoms with Gasteiger partial charge in [-0.15, -0.1) is 0 Å². The largest absolute Gasteiger partial charge is 0.508 e. The number of aromatic hydroxyl groups is 1. The maximum atomic E-state index is 14.8. The smallest absolute Gasteiger partial charge is 0.326 e. The van der Waals surface area contributed by atoms with Crippen molar-refractivity contribution in [2.45, 2.75) is 210 Å². The molecule has 0 aliphatic carbocycles. The number of rotatable bonds is 48. The van der Waals surface area contributed by atoms with Crippen LogP contribution in [-0.2, 0) is 94.3 Å². The van der Waals surface area contributed by atoms with Gasteiger partial charge in [0.2, 0.25) is 82.7 Å². The Balaban J connectivity index is 1.44. The Bertz CT molecular complexity index is 3890. The first-order valence-corrected chi connectivity index (χ1v) is 38.4. The Labute approximate surface area is 679 Å². The number of carboxylic acid groups (broad SMARTS) is 3. The maximum Gasteiger partial charge on any atom is 0.326 e. The summed E-state index contributed by atoms with van der Waals surface area (Å²) >= 11 is 0. The molecule has 0 aromatic heterocycles. The molecule has 4 rings (SSSR count). The van der Waals surface area contributed by atoms with Crippen LogP contribution < -0.4 is 91.6 Å². The standard InChI is InChI=1S/C74H113N21O23/c1-36(2)56(91-62(107)45(31-54(100)101)87-65(110)50(35-97)90-59(104)39(7)83-60(105)43(75)17-11-25-80-73(76)77)68(113)82-33-53(99)84-49(34-96)64(109)86-46(32-55(102)103)63(108)92-57(37(3)4)69(114)93-58(38(5)6)71(116)95-28-14-20-52(95)66(111)85-44(18-12-26-81-74(78)79)61(106)88-47(29-41-21-23-42(98)24-22-41)70(115)94-27-13-19-51(94)67(112)89-48(72(117)118)30-40-15-9-8-10-16-40/h8-10,15-16,21-24,36-39,43-52,56-58,96-98H,11-14,17-20,25-35,75H2,1-7H3,(H,82,113)(H,83,105)(H,84,99)(H,85,111)(H,86,109)(H,87,110)(H,88,106)(H,89,112)(H,90,104)(H,91,107)(H,92,108)(H,93,114)(H,100,101)(H,102,103)(H,117,118)(H4,76,77,80)(H4,78,79,81)/t39-,43-,44-,45-,46-,47-,48-,49-,50-,51-,52-,56-,57-,58-/m0/s1. The van der Waals surface area contributed by atoms with E-state index in [-0.39, 0.29) is 89.3 Å². The molecule has 0 saturated carbocycles. The van der Waals surface area contributed by atoms with Crippen molar-refractivity contribution in [1.29, 1.82) is 10.8 Å². The fourth-order valence-electron chi connectivity index (χ4n) is 12.6. The minimum Gasteiger partial charge on any atom is -0.508 e. The highest BCUT2D eigenvalue weighted by Gasteiger charge is 2.44. The molecule has 2 aliphatic heterocycles. The number of nitrogens with two attached hydrogens (primary N) is 3. The lowest BCUT2D eigenvalue weighted by Crippen LogP contribution is -2.62. The molecule has 0 spiro atoms. The first-order chi connectivity index (χ1) is 55.6. The van der Waals surface area contributed by atoms with Crippen molar-refractivity contribution in [2.75, 3.05) is 45.9 Å². The van der Waals surface area contributed by atoms with Crippen LogP contribution in [0.4, 0.5) is 0 Å². The number of aliphatic hydroxyl groups excluding tert-OH is 2. The summed E-state index contributed by atoms with van der Waals surface area (Å²) in [6.45, 7) is 7.11. The SMILES string of the molecule is CC(C)[C@H](NC(=O)[C@H](CC(=O)O)NC(=O)[C@H](CO)NC(=O)[C@H](C)NC(=O)[C@@H](N)CCCNC(=N)N)C(=O)NCC(=O)N[C@@H](CO)C(=O)N[C@@H](CC(=O)O)C(=O)N[C@H](C(=O)N[C@H](C(=O)N1CCC[C@H]1C(=O)N[C@@H](CCCNC(=N)N)C(=O)N[C@@H](Cc1ccc(O)cc1)C(=O)N1CCC[C@H]1C(=O)N[C@@H](Cc1ccccc1)C(=O)O)C(C)C)C(C)C. The number of likely N-dealkylation sites (tertiary alicyclic amines) is 2. The molecule has 0 bridgehead atoms. The second-order valence-corrected chi connectivity index (χ2v) is 29.5. The molecule has 14 atom stereocenters. The molecule has 44 heteroatoms. The number of hydrogen-bond donors (Lipinski definition) is 25. The van der Waals surface area contributed by atoms with Gasteiger partial charge in [-0.25, -0.2) is 4.79 Å². The van der Waals surface area contributed by atoms with E-state index in [2.05, 4.69) is 74.4 Å². The third kappa shape index (κ3) is 32.0. The summed E-state index contributed by atoms with van der Waals surface area (Å²) in [5, 5.41) is 108. The van der Waals surface area contributed by atoms with Crippen LogP contribution in [0.2, 0.25) is 0 Å². The third-order valence-electron chi connectivity index (χ3n) is 19.1. The number of aliphatic carboxylic acids is 3. The van der Waals surface area contributed by atoms with E-state index in [1.54, 1.807) is 44.2 Å². The number of phenols is 1. The second kappa shape index (κ2) is 48.2. The fourth-order valence-corrected chi connectivity index (χ4v) is 12.6. The topological polar surface area (TPSA) is 712 Å². The molecule has 0 radical (unpaired) electrons. The number of benzene rings is 2. The lowest BCUT2D eigenvalue weighted by Gasteiger charge is -2.33. The quantitative estimate of drug-likeness (QED) is 0.0166. The number of carboxylic acids is 3. The predicted octanol–water partition coefficient (Wildman–Crippen LogP) is -7.53. The number of hydrogen-bond acceptors (Lipinski definition) is 23. The fraction of sp³-hybridized carbons (Fsp3) is 0.581. The average molecular weight is 1660 g/mol. The summed E-state index contributed by atoms with van der Waals surface area (Å²) < 4.78 is 0. The molecular weight excluding hydrogens is 1550 g/mol. The van der Waals surface area contributed by atoms with E-state index in [1.165, 1.54) is 68.7 Å². The summed E-state index contributed by atoms with van der Waals surface area (Å²) in [4.78, 5) is 233. The molecule has 2 aromatic rings. The number of nitrogens with zero attached hydrogens (tertiary/aromatic N) is 2. The van der Waals surface area contributed by atoms with Gasteiger partial charge in [-0.05, 0) is 99.3 Å². The van der Waals surface area contributed by atoms with Gasteiger partial charge in [0.05, 0.1) is 38.6 Å². The predicted molar refractivity (Wildman–Crippen MR) is 418 cm³/mol. The molecule has 0 unspecified atom stereocenters. The number of guanidine groups is 2.